The molecule has 1 fully saturated rings. The van der Waals surface area contributed by atoms with E-state index in [0.717, 1.165) is 43.1 Å². The third kappa shape index (κ3) is 7.23. The zero-order valence-electron chi connectivity index (χ0n) is 17.1. The number of aryl methyl sites for hydroxylation is 1. The van der Waals surface area contributed by atoms with Crippen LogP contribution in [0.1, 0.15) is 29.5 Å². The van der Waals surface area contributed by atoms with E-state index in [9.17, 15) is 4.79 Å². The lowest BCUT2D eigenvalue weighted by molar-refractivity contribution is 0.222. The second-order valence-corrected chi connectivity index (χ2v) is 7.09. The molecule has 7 heteroatoms. The summed E-state index contributed by atoms with van der Waals surface area (Å²) in [5.74, 6) is 0.744. The lowest BCUT2D eigenvalue weighted by Gasteiger charge is -2.17. The monoisotopic (exact) mass is 507 g/mol. The smallest absolute Gasteiger partial charge is 0.321 e. The first-order chi connectivity index (χ1) is 13.6. The minimum absolute atomic E-state index is 0. The van der Waals surface area contributed by atoms with E-state index >= 15 is 0 Å². The predicted molar refractivity (Wildman–Crippen MR) is 130 cm³/mol. The van der Waals surface area contributed by atoms with Crippen molar-refractivity contribution in [2.45, 2.75) is 32.9 Å². The summed E-state index contributed by atoms with van der Waals surface area (Å²) in [5.41, 5.74) is 4.36. The van der Waals surface area contributed by atoms with Gasteiger partial charge < -0.3 is 20.9 Å². The van der Waals surface area contributed by atoms with Crippen molar-refractivity contribution < 1.29 is 4.79 Å². The van der Waals surface area contributed by atoms with Gasteiger partial charge in [-0.25, -0.2) is 4.79 Å². The van der Waals surface area contributed by atoms with Crippen LogP contribution in [-0.4, -0.2) is 37.0 Å². The van der Waals surface area contributed by atoms with Crippen LogP contribution in [0, 0.1) is 6.92 Å². The quantitative estimate of drug-likeness (QED) is 0.324. The van der Waals surface area contributed by atoms with E-state index in [0.29, 0.717) is 13.1 Å². The average molecular weight is 507 g/mol. The molecule has 2 amide bonds. The molecule has 0 spiro atoms. The summed E-state index contributed by atoms with van der Waals surface area (Å²) in [6, 6.07) is 16.3. The second kappa shape index (κ2) is 11.6. The van der Waals surface area contributed by atoms with E-state index in [1.165, 1.54) is 11.1 Å². The highest BCUT2D eigenvalue weighted by molar-refractivity contribution is 14.0. The molecule has 0 bridgehead atoms. The Balaban J connectivity index is 0.00000300. The number of halogens is 1. The van der Waals surface area contributed by atoms with E-state index in [-0.39, 0.29) is 30.0 Å². The van der Waals surface area contributed by atoms with Crippen molar-refractivity contribution in [3.63, 3.8) is 0 Å². The molecule has 1 saturated heterocycles. The molecule has 0 aliphatic carbocycles. The molecule has 0 saturated carbocycles. The molecule has 2 aromatic rings. The van der Waals surface area contributed by atoms with Crippen LogP contribution in [0.3, 0.4) is 0 Å². The topological polar surface area (TPSA) is 68.8 Å². The molecule has 1 heterocycles. The van der Waals surface area contributed by atoms with Gasteiger partial charge in [-0.1, -0.05) is 42.0 Å². The number of likely N-dealkylation sites (tertiary alicyclic amines) is 1. The number of amides is 2. The van der Waals surface area contributed by atoms with Gasteiger partial charge in [0, 0.05) is 38.9 Å². The summed E-state index contributed by atoms with van der Waals surface area (Å²) in [7, 11) is 1.76. The highest BCUT2D eigenvalue weighted by Gasteiger charge is 2.17. The van der Waals surface area contributed by atoms with Crippen LogP contribution in [0.15, 0.2) is 53.5 Å². The van der Waals surface area contributed by atoms with Gasteiger partial charge in [0.2, 0.25) is 0 Å². The molecular weight excluding hydrogens is 477 g/mol. The highest BCUT2D eigenvalue weighted by Crippen LogP contribution is 2.14. The van der Waals surface area contributed by atoms with Crippen LogP contribution in [0.5, 0.6) is 0 Å². The van der Waals surface area contributed by atoms with Gasteiger partial charge in [-0.15, -0.1) is 24.0 Å². The molecule has 6 nitrogen and oxygen atoms in total. The van der Waals surface area contributed by atoms with Crippen molar-refractivity contribution in [3.05, 3.63) is 65.2 Å². The van der Waals surface area contributed by atoms with Crippen LogP contribution >= 0.6 is 24.0 Å². The van der Waals surface area contributed by atoms with Crippen molar-refractivity contribution in [2.75, 3.05) is 25.5 Å². The first-order valence-electron chi connectivity index (χ1n) is 9.79. The number of guanidine groups is 1. The summed E-state index contributed by atoms with van der Waals surface area (Å²) in [6.07, 6.45) is 2.18. The molecule has 0 atom stereocenters. The summed E-state index contributed by atoms with van der Waals surface area (Å²) in [4.78, 5) is 18.4. The van der Waals surface area contributed by atoms with Crippen LogP contribution < -0.4 is 16.0 Å². The van der Waals surface area contributed by atoms with Crippen LogP contribution in [0.4, 0.5) is 10.5 Å². The maximum atomic E-state index is 12.3. The molecule has 156 valence electrons. The zero-order chi connectivity index (χ0) is 19.8. The van der Waals surface area contributed by atoms with E-state index in [2.05, 4.69) is 52.1 Å². The van der Waals surface area contributed by atoms with Gasteiger partial charge in [-0.3, -0.25) is 4.99 Å². The summed E-state index contributed by atoms with van der Waals surface area (Å²) >= 11 is 0. The average Bonchev–Trinajstić information content (AvgIpc) is 3.23. The van der Waals surface area contributed by atoms with Crippen molar-refractivity contribution in [2.24, 2.45) is 4.99 Å². The molecule has 3 N–H and O–H groups in total. The van der Waals surface area contributed by atoms with Gasteiger partial charge >= 0.3 is 6.03 Å². The van der Waals surface area contributed by atoms with Gasteiger partial charge in [0.1, 0.15) is 0 Å². The maximum Gasteiger partial charge on any atom is 0.321 e. The normalized spacial score (nSPS) is 13.6. The molecule has 1 aliphatic rings. The standard InChI is InChI=1S/C22H29N5O.HI/c1-17-7-5-8-18(13-17)15-24-21(23-2)25-16-19-9-6-10-20(14-19)26-22(28)27-11-3-4-12-27;/h5-10,13-14H,3-4,11-12,15-16H2,1-2H3,(H,26,28)(H2,23,24,25);1H. The predicted octanol–water partition coefficient (Wildman–Crippen LogP) is 4.11. The van der Waals surface area contributed by atoms with Crippen LogP contribution in [0.2, 0.25) is 0 Å². The number of carbonyl (C=O) groups excluding carboxylic acids is 1. The van der Waals surface area contributed by atoms with Gasteiger partial charge in [0.25, 0.3) is 0 Å². The van der Waals surface area contributed by atoms with E-state index in [1.54, 1.807) is 7.05 Å². The molecular formula is C22H30IN5O. The number of aliphatic imine (C=N–C) groups is 1. The lowest BCUT2D eigenvalue weighted by Crippen LogP contribution is -2.36. The number of urea groups is 1. The Labute approximate surface area is 190 Å². The Morgan fingerprint density at radius 2 is 1.62 bits per heavy atom. The Morgan fingerprint density at radius 3 is 2.24 bits per heavy atom. The molecule has 2 aromatic carbocycles. The number of nitrogens with zero attached hydrogens (tertiary/aromatic N) is 2. The minimum Gasteiger partial charge on any atom is -0.352 e. The largest absolute Gasteiger partial charge is 0.352 e. The van der Waals surface area contributed by atoms with E-state index in [4.69, 9.17) is 0 Å². The highest BCUT2D eigenvalue weighted by atomic mass is 127. The second-order valence-electron chi connectivity index (χ2n) is 7.09. The van der Waals surface area contributed by atoms with Gasteiger partial charge in [0.15, 0.2) is 5.96 Å². The molecule has 0 unspecified atom stereocenters. The fourth-order valence-electron chi connectivity index (χ4n) is 3.30. The Bertz CT molecular complexity index is 833. The SMILES string of the molecule is CN=C(NCc1cccc(C)c1)NCc1cccc(NC(=O)N2CCCC2)c1.I. The number of carbonyl (C=O) groups is 1. The van der Waals surface area contributed by atoms with Gasteiger partial charge in [-0.05, 0) is 43.0 Å². The number of rotatable bonds is 5. The third-order valence-corrected chi connectivity index (χ3v) is 4.80. The molecule has 29 heavy (non-hydrogen) atoms. The fraction of sp³-hybridized carbons (Fsp3) is 0.364. The molecule has 0 radical (unpaired) electrons. The van der Waals surface area contributed by atoms with Crippen LogP contribution in [-0.2, 0) is 13.1 Å². The molecule has 1 aliphatic heterocycles. The minimum atomic E-state index is -0.0155. The lowest BCUT2D eigenvalue weighted by atomic mass is 10.1. The number of hydrogen-bond donors (Lipinski definition) is 3. The van der Waals surface area contributed by atoms with Crippen molar-refractivity contribution >= 4 is 41.7 Å². The Morgan fingerprint density at radius 1 is 1.00 bits per heavy atom. The fourth-order valence-corrected chi connectivity index (χ4v) is 3.30. The molecule has 3 rings (SSSR count). The Kier molecular flexibility index (Phi) is 9.24. The number of hydrogen-bond acceptors (Lipinski definition) is 2. The molecule has 0 aromatic heterocycles. The summed E-state index contributed by atoms with van der Waals surface area (Å²) in [5, 5.41) is 9.64. The maximum absolute atomic E-state index is 12.3. The first kappa shape index (κ1) is 23.0. The van der Waals surface area contributed by atoms with Crippen molar-refractivity contribution in [3.8, 4) is 0 Å². The number of benzene rings is 2. The van der Waals surface area contributed by atoms with Crippen molar-refractivity contribution in [1.82, 2.24) is 15.5 Å². The third-order valence-electron chi connectivity index (χ3n) is 4.80. The van der Waals surface area contributed by atoms with Gasteiger partial charge in [0.05, 0.1) is 0 Å². The van der Waals surface area contributed by atoms with Gasteiger partial charge in [-0.2, -0.15) is 0 Å². The summed E-state index contributed by atoms with van der Waals surface area (Å²) < 4.78 is 0. The first-order valence-corrected chi connectivity index (χ1v) is 9.79. The van der Waals surface area contributed by atoms with E-state index in [1.807, 2.05) is 29.2 Å². The zero-order valence-corrected chi connectivity index (χ0v) is 19.4. The summed E-state index contributed by atoms with van der Waals surface area (Å²) in [6.45, 7) is 5.12. The van der Waals surface area contributed by atoms with E-state index < -0.39 is 0 Å². The number of nitrogens with one attached hydrogen (secondary N) is 3. The van der Waals surface area contributed by atoms with Crippen LogP contribution in [0.25, 0.3) is 0 Å². The van der Waals surface area contributed by atoms with Crippen molar-refractivity contribution in [1.29, 1.82) is 0 Å². The Hall–Kier alpha value is -2.29. The number of anilines is 1.